The van der Waals surface area contributed by atoms with Gasteiger partial charge in [-0.25, -0.2) is 0 Å². The summed E-state index contributed by atoms with van der Waals surface area (Å²) in [5.74, 6) is 1.54. The topological polar surface area (TPSA) is 42.4 Å². The summed E-state index contributed by atoms with van der Waals surface area (Å²) in [6.45, 7) is 2.46. The minimum Gasteiger partial charge on any atom is -0.377 e. The lowest BCUT2D eigenvalue weighted by Gasteiger charge is -2.37. The number of piperidine rings is 1. The molecule has 4 aliphatic rings. The van der Waals surface area contributed by atoms with Crippen molar-refractivity contribution in [2.45, 2.75) is 50.5 Å². The second kappa shape index (κ2) is 8.92. The molecule has 0 bridgehead atoms. The van der Waals surface area contributed by atoms with E-state index in [-0.39, 0.29) is 17.9 Å². The highest BCUT2D eigenvalue weighted by molar-refractivity contribution is 9.10. The van der Waals surface area contributed by atoms with Crippen molar-refractivity contribution >= 4 is 49.4 Å². The summed E-state index contributed by atoms with van der Waals surface area (Å²) in [6.07, 6.45) is 8.25. The molecule has 0 spiro atoms. The first kappa shape index (κ1) is 22.5. The number of aromatic nitrogens is 1. The largest absolute Gasteiger partial charge is 0.377 e. The normalized spacial score (nSPS) is 29.0. The third-order valence-corrected chi connectivity index (χ3v) is 9.42. The summed E-state index contributed by atoms with van der Waals surface area (Å²) >= 11 is 13.9. The van der Waals surface area contributed by atoms with E-state index in [9.17, 15) is 4.79 Å². The molecule has 174 valence electrons. The van der Waals surface area contributed by atoms with Crippen molar-refractivity contribution in [3.63, 3.8) is 0 Å². The summed E-state index contributed by atoms with van der Waals surface area (Å²) in [5.41, 5.74) is 5.14. The molecular weight excluding hydrogens is 568 g/mol. The lowest BCUT2D eigenvalue weighted by Crippen LogP contribution is -2.41. The summed E-state index contributed by atoms with van der Waals surface area (Å²) in [4.78, 5) is 20.2. The Labute approximate surface area is 216 Å². The predicted octanol–water partition coefficient (Wildman–Crippen LogP) is 6.15. The number of nitrogens with zero attached hydrogens (tertiary/aromatic N) is 2. The van der Waals surface area contributed by atoms with E-state index in [0.29, 0.717) is 17.7 Å². The molecule has 1 aromatic carbocycles. The summed E-state index contributed by atoms with van der Waals surface area (Å²) < 4.78 is 7.94. The Hall–Kier alpha value is -0.950. The van der Waals surface area contributed by atoms with Gasteiger partial charge in [0.15, 0.2) is 0 Å². The van der Waals surface area contributed by atoms with Crippen LogP contribution in [-0.2, 0) is 22.4 Å². The highest BCUT2D eigenvalue weighted by atomic mass is 79.9. The zero-order valence-electron chi connectivity index (χ0n) is 18.4. The van der Waals surface area contributed by atoms with Gasteiger partial charge in [-0.2, -0.15) is 0 Å². The van der Waals surface area contributed by atoms with Crippen molar-refractivity contribution in [2.24, 2.45) is 17.8 Å². The van der Waals surface area contributed by atoms with Crippen molar-refractivity contribution < 1.29 is 9.53 Å². The Kier molecular flexibility index (Phi) is 6.09. The standard InChI is InChI=1S/C26H27Br2ClN2O2/c27-17-10-16-4-3-15-11-18(29)12-20(28)21(15)22(24(16)30-13-17)14-5-7-31(8-6-14)26(32)23-19-2-1-9-33-25(19)23/h10-14,19,22-23,25H,1-9H2/t19?,22-,23?,25?/m1/s1. The van der Waals surface area contributed by atoms with Crippen LogP contribution in [0.3, 0.4) is 0 Å². The van der Waals surface area contributed by atoms with E-state index in [1.165, 1.54) is 22.4 Å². The number of fused-ring (bicyclic) bond motifs is 3. The molecule has 0 radical (unpaired) electrons. The third-order valence-electron chi connectivity index (χ3n) is 8.11. The van der Waals surface area contributed by atoms with Crippen LogP contribution >= 0.6 is 43.5 Å². The molecule has 3 heterocycles. The Morgan fingerprint density at radius 2 is 1.88 bits per heavy atom. The number of likely N-dealkylation sites (tertiary alicyclic amines) is 1. The van der Waals surface area contributed by atoms with Gasteiger partial charge in [0.25, 0.3) is 0 Å². The van der Waals surface area contributed by atoms with E-state index in [1.807, 2.05) is 12.3 Å². The van der Waals surface area contributed by atoms with Crippen LogP contribution in [0.25, 0.3) is 0 Å². The molecule has 0 N–H and O–H groups in total. The van der Waals surface area contributed by atoms with Crippen LogP contribution in [0.4, 0.5) is 0 Å². The molecule has 2 aliphatic heterocycles. The van der Waals surface area contributed by atoms with Crippen LogP contribution in [0.15, 0.2) is 33.3 Å². The molecule has 1 saturated carbocycles. The van der Waals surface area contributed by atoms with E-state index in [1.54, 1.807) is 0 Å². The van der Waals surface area contributed by atoms with Gasteiger partial charge < -0.3 is 9.64 Å². The molecule has 33 heavy (non-hydrogen) atoms. The Morgan fingerprint density at radius 1 is 1.09 bits per heavy atom. The zero-order valence-corrected chi connectivity index (χ0v) is 22.3. The minimum atomic E-state index is 0.110. The number of carbonyl (C=O) groups excluding carboxylic acids is 1. The molecule has 1 aromatic heterocycles. The van der Waals surface area contributed by atoms with E-state index in [4.69, 9.17) is 21.3 Å². The fourth-order valence-corrected chi connectivity index (χ4v) is 7.97. The number of hydrogen-bond donors (Lipinski definition) is 0. The maximum absolute atomic E-state index is 13.2. The first-order chi connectivity index (χ1) is 16.0. The van der Waals surface area contributed by atoms with E-state index < -0.39 is 0 Å². The summed E-state index contributed by atoms with van der Waals surface area (Å²) in [5, 5.41) is 0.771. The zero-order chi connectivity index (χ0) is 22.7. The number of ether oxygens (including phenoxy) is 1. The molecule has 2 aromatic rings. The maximum Gasteiger partial charge on any atom is 0.228 e. The van der Waals surface area contributed by atoms with Gasteiger partial charge in [0.05, 0.1) is 17.7 Å². The Balaban J connectivity index is 1.27. The first-order valence-electron chi connectivity index (χ1n) is 12.0. The van der Waals surface area contributed by atoms with Crippen LogP contribution in [0, 0.1) is 17.8 Å². The fourth-order valence-electron chi connectivity index (χ4n) is 6.47. The number of pyridine rings is 1. The molecule has 6 rings (SSSR count). The van der Waals surface area contributed by atoms with Crippen LogP contribution < -0.4 is 0 Å². The molecular formula is C26H27Br2ClN2O2. The first-order valence-corrected chi connectivity index (χ1v) is 14.0. The van der Waals surface area contributed by atoms with Crippen molar-refractivity contribution in [1.29, 1.82) is 0 Å². The third kappa shape index (κ3) is 4.09. The van der Waals surface area contributed by atoms with Gasteiger partial charge in [-0.05, 0) is 95.3 Å². The van der Waals surface area contributed by atoms with Crippen LogP contribution in [-0.4, -0.2) is 41.6 Å². The number of carbonyl (C=O) groups is 1. The Morgan fingerprint density at radius 3 is 2.64 bits per heavy atom. The molecule has 7 heteroatoms. The van der Waals surface area contributed by atoms with Crippen LogP contribution in [0.1, 0.15) is 54.0 Å². The van der Waals surface area contributed by atoms with Gasteiger partial charge in [-0.15, -0.1) is 0 Å². The molecule has 2 aliphatic carbocycles. The quantitative estimate of drug-likeness (QED) is 0.419. The predicted molar refractivity (Wildman–Crippen MR) is 136 cm³/mol. The van der Waals surface area contributed by atoms with Gasteiger partial charge in [0.2, 0.25) is 5.91 Å². The van der Waals surface area contributed by atoms with E-state index in [0.717, 1.165) is 72.2 Å². The molecule has 3 fully saturated rings. The Bertz CT molecular complexity index is 1090. The lowest BCUT2D eigenvalue weighted by molar-refractivity contribution is -0.135. The molecule has 1 amide bonds. The number of aryl methyl sites for hydroxylation is 2. The highest BCUT2D eigenvalue weighted by Gasteiger charge is 2.58. The lowest BCUT2D eigenvalue weighted by atomic mass is 9.76. The van der Waals surface area contributed by atoms with Crippen molar-refractivity contribution in [3.8, 4) is 0 Å². The summed E-state index contributed by atoms with van der Waals surface area (Å²) in [7, 11) is 0. The van der Waals surface area contributed by atoms with E-state index in [2.05, 4.69) is 48.9 Å². The highest BCUT2D eigenvalue weighted by Crippen LogP contribution is 2.50. The number of amides is 1. The van der Waals surface area contributed by atoms with Gasteiger partial charge in [-0.3, -0.25) is 9.78 Å². The number of hydrogen-bond acceptors (Lipinski definition) is 3. The van der Waals surface area contributed by atoms with Crippen LogP contribution in [0.2, 0.25) is 5.02 Å². The molecule has 4 nitrogen and oxygen atoms in total. The van der Waals surface area contributed by atoms with Gasteiger partial charge in [0.1, 0.15) is 0 Å². The van der Waals surface area contributed by atoms with Crippen molar-refractivity contribution in [1.82, 2.24) is 9.88 Å². The number of halogens is 3. The molecule has 4 atom stereocenters. The average Bonchev–Trinajstić information content (AvgIpc) is 3.56. The number of benzene rings is 1. The minimum absolute atomic E-state index is 0.110. The SMILES string of the molecule is O=C(C1C2CCCOC21)N1CCC([C@H]2c3ncc(Br)cc3CCc3cc(Cl)cc(Br)c32)CC1. The second-order valence-corrected chi connectivity index (χ2v) is 12.2. The van der Waals surface area contributed by atoms with Crippen molar-refractivity contribution in [2.75, 3.05) is 19.7 Å². The van der Waals surface area contributed by atoms with Crippen LogP contribution in [0.5, 0.6) is 0 Å². The summed E-state index contributed by atoms with van der Waals surface area (Å²) in [6, 6.07) is 6.37. The van der Waals surface area contributed by atoms with E-state index >= 15 is 0 Å². The average molecular weight is 595 g/mol. The van der Waals surface area contributed by atoms with Gasteiger partial charge in [0, 0.05) is 51.7 Å². The smallest absolute Gasteiger partial charge is 0.228 e. The number of rotatable bonds is 2. The fraction of sp³-hybridized carbons (Fsp3) is 0.538. The monoisotopic (exact) mass is 592 g/mol. The molecule has 3 unspecified atom stereocenters. The second-order valence-electron chi connectivity index (χ2n) is 9.97. The maximum atomic E-state index is 13.2. The van der Waals surface area contributed by atoms with Gasteiger partial charge >= 0.3 is 0 Å². The van der Waals surface area contributed by atoms with Crippen molar-refractivity contribution in [3.05, 3.63) is 60.7 Å². The van der Waals surface area contributed by atoms with Gasteiger partial charge in [-0.1, -0.05) is 27.5 Å². The molecule has 2 saturated heterocycles.